The van der Waals surface area contributed by atoms with Gasteiger partial charge in [0.15, 0.2) is 5.69 Å². The molecule has 0 spiro atoms. The van der Waals surface area contributed by atoms with E-state index in [1.54, 1.807) is 0 Å². The van der Waals surface area contributed by atoms with Gasteiger partial charge < -0.3 is 9.84 Å². The van der Waals surface area contributed by atoms with Gasteiger partial charge in [-0.15, -0.1) is 5.10 Å². The third-order valence-corrected chi connectivity index (χ3v) is 4.22. The summed E-state index contributed by atoms with van der Waals surface area (Å²) in [5.74, 6) is -0.704. The number of carboxylic acid groups (broad SMARTS) is 1. The fourth-order valence-electron chi connectivity index (χ4n) is 3.33. The Morgan fingerprint density at radius 1 is 1.35 bits per heavy atom. The van der Waals surface area contributed by atoms with E-state index in [1.807, 2.05) is 18.5 Å². The van der Waals surface area contributed by atoms with Crippen LogP contribution >= 0.6 is 0 Å². The molecule has 110 valence electrons. The molecule has 0 amide bonds. The minimum Gasteiger partial charge on any atom is -0.476 e. The molecule has 0 bridgehead atoms. The second-order valence-electron chi connectivity index (χ2n) is 7.03. The fraction of sp³-hybridized carbons (Fsp3) is 0.786. The second-order valence-corrected chi connectivity index (χ2v) is 7.03. The Bertz CT molecular complexity index is 558. The molecule has 1 saturated carbocycles. The standard InChI is InChI=1S/C14H21N3O3/c1-13(2)7-9(14(3,4)20-13)17-11(8-5-6-8)10(12(18)19)15-16-17/h8-9H,5-7H2,1-4H3,(H,18,19). The zero-order valence-corrected chi connectivity index (χ0v) is 12.4. The number of nitrogens with zero attached hydrogens (tertiary/aromatic N) is 3. The zero-order valence-electron chi connectivity index (χ0n) is 12.4. The highest BCUT2D eigenvalue weighted by Gasteiger charge is 2.49. The molecule has 1 aromatic heterocycles. The molecule has 1 aliphatic heterocycles. The van der Waals surface area contributed by atoms with Gasteiger partial charge in [-0.3, -0.25) is 0 Å². The van der Waals surface area contributed by atoms with E-state index in [-0.39, 0.29) is 28.9 Å². The average molecular weight is 279 g/mol. The van der Waals surface area contributed by atoms with E-state index in [0.29, 0.717) is 0 Å². The first-order chi connectivity index (χ1) is 9.21. The lowest BCUT2D eigenvalue weighted by molar-refractivity contribution is -0.0740. The number of carboxylic acids is 1. The lowest BCUT2D eigenvalue weighted by atomic mass is 9.94. The van der Waals surface area contributed by atoms with Crippen LogP contribution in [0.2, 0.25) is 0 Å². The van der Waals surface area contributed by atoms with E-state index in [4.69, 9.17) is 4.74 Å². The molecule has 20 heavy (non-hydrogen) atoms. The van der Waals surface area contributed by atoms with Crippen molar-refractivity contribution in [3.8, 4) is 0 Å². The molecule has 1 aliphatic carbocycles. The average Bonchev–Trinajstić information content (AvgIpc) is 2.98. The van der Waals surface area contributed by atoms with Gasteiger partial charge in [0, 0.05) is 12.3 Å². The molecule has 1 atom stereocenters. The van der Waals surface area contributed by atoms with Gasteiger partial charge in [0.25, 0.3) is 0 Å². The van der Waals surface area contributed by atoms with Crippen LogP contribution < -0.4 is 0 Å². The van der Waals surface area contributed by atoms with Crippen LogP contribution in [-0.2, 0) is 4.74 Å². The summed E-state index contributed by atoms with van der Waals surface area (Å²) >= 11 is 0. The van der Waals surface area contributed by atoms with Gasteiger partial charge in [-0.1, -0.05) is 5.21 Å². The molecule has 0 radical (unpaired) electrons. The summed E-state index contributed by atoms with van der Waals surface area (Å²) in [6, 6.07) is 0.0219. The van der Waals surface area contributed by atoms with Crippen molar-refractivity contribution in [1.29, 1.82) is 0 Å². The Morgan fingerprint density at radius 3 is 2.45 bits per heavy atom. The highest BCUT2D eigenvalue weighted by atomic mass is 16.5. The molecule has 1 aromatic rings. The monoisotopic (exact) mass is 279 g/mol. The van der Waals surface area contributed by atoms with Gasteiger partial charge in [-0.2, -0.15) is 0 Å². The van der Waals surface area contributed by atoms with Crippen molar-refractivity contribution in [3.63, 3.8) is 0 Å². The predicted molar refractivity (Wildman–Crippen MR) is 71.9 cm³/mol. The van der Waals surface area contributed by atoms with Crippen molar-refractivity contribution < 1.29 is 14.6 Å². The molecule has 0 aromatic carbocycles. The number of carbonyl (C=O) groups is 1. The van der Waals surface area contributed by atoms with Gasteiger partial charge in [0.05, 0.1) is 22.9 Å². The van der Waals surface area contributed by atoms with Crippen LogP contribution in [0, 0.1) is 0 Å². The number of aromatic nitrogens is 3. The van der Waals surface area contributed by atoms with Crippen molar-refractivity contribution in [2.45, 2.75) is 70.1 Å². The maximum absolute atomic E-state index is 11.3. The van der Waals surface area contributed by atoms with Gasteiger partial charge in [-0.25, -0.2) is 9.48 Å². The molecule has 3 rings (SSSR count). The van der Waals surface area contributed by atoms with Crippen molar-refractivity contribution in [3.05, 3.63) is 11.4 Å². The summed E-state index contributed by atoms with van der Waals surface area (Å²) in [7, 11) is 0. The maximum atomic E-state index is 11.3. The quantitative estimate of drug-likeness (QED) is 0.919. The van der Waals surface area contributed by atoms with Crippen LogP contribution in [0.3, 0.4) is 0 Å². The number of aromatic carboxylic acids is 1. The first-order valence-corrected chi connectivity index (χ1v) is 7.10. The van der Waals surface area contributed by atoms with Crippen molar-refractivity contribution in [2.75, 3.05) is 0 Å². The molecule has 1 saturated heterocycles. The third kappa shape index (κ3) is 2.12. The minimum absolute atomic E-state index is 0.0219. The smallest absolute Gasteiger partial charge is 0.358 e. The third-order valence-electron chi connectivity index (χ3n) is 4.22. The van der Waals surface area contributed by atoms with Crippen LogP contribution in [0.5, 0.6) is 0 Å². The first kappa shape index (κ1) is 13.5. The SMILES string of the molecule is CC1(C)CC(n2nnc(C(=O)O)c2C2CC2)C(C)(C)O1. The summed E-state index contributed by atoms with van der Waals surface area (Å²) < 4.78 is 7.91. The van der Waals surface area contributed by atoms with E-state index < -0.39 is 5.97 Å². The van der Waals surface area contributed by atoms with Gasteiger partial charge >= 0.3 is 5.97 Å². The molecule has 2 aliphatic rings. The van der Waals surface area contributed by atoms with E-state index in [0.717, 1.165) is 25.0 Å². The normalized spacial score (nSPS) is 27.7. The summed E-state index contributed by atoms with van der Waals surface area (Å²) in [4.78, 5) is 11.3. The molecular formula is C14H21N3O3. The fourth-order valence-corrected chi connectivity index (χ4v) is 3.33. The topological polar surface area (TPSA) is 77.2 Å². The van der Waals surface area contributed by atoms with Gasteiger partial charge in [0.2, 0.25) is 0 Å². The number of ether oxygens (including phenoxy) is 1. The highest BCUT2D eigenvalue weighted by Crippen LogP contribution is 2.48. The lowest BCUT2D eigenvalue weighted by Crippen LogP contribution is -2.32. The molecule has 2 heterocycles. The van der Waals surface area contributed by atoms with Crippen LogP contribution in [0.15, 0.2) is 0 Å². The first-order valence-electron chi connectivity index (χ1n) is 7.10. The van der Waals surface area contributed by atoms with E-state index in [1.165, 1.54) is 0 Å². The van der Waals surface area contributed by atoms with E-state index >= 15 is 0 Å². The lowest BCUT2D eigenvalue weighted by Gasteiger charge is -2.27. The van der Waals surface area contributed by atoms with E-state index in [9.17, 15) is 9.90 Å². The van der Waals surface area contributed by atoms with Crippen molar-refractivity contribution in [1.82, 2.24) is 15.0 Å². The number of rotatable bonds is 3. The Morgan fingerprint density at radius 2 is 2.00 bits per heavy atom. The second kappa shape index (κ2) is 4.04. The summed E-state index contributed by atoms with van der Waals surface area (Å²) in [5, 5.41) is 17.3. The summed E-state index contributed by atoms with van der Waals surface area (Å²) in [5.41, 5.74) is 0.269. The molecule has 1 unspecified atom stereocenters. The Kier molecular flexibility index (Phi) is 2.73. The van der Waals surface area contributed by atoms with Gasteiger partial charge in [0.1, 0.15) is 0 Å². The maximum Gasteiger partial charge on any atom is 0.358 e. The molecule has 2 fully saturated rings. The Hall–Kier alpha value is -1.43. The zero-order chi connectivity index (χ0) is 14.7. The Balaban J connectivity index is 2.04. The van der Waals surface area contributed by atoms with Crippen LogP contribution in [0.25, 0.3) is 0 Å². The van der Waals surface area contributed by atoms with Crippen LogP contribution in [0.1, 0.15) is 75.1 Å². The summed E-state index contributed by atoms with van der Waals surface area (Å²) in [6.07, 6.45) is 2.85. The van der Waals surface area contributed by atoms with Crippen LogP contribution in [0.4, 0.5) is 0 Å². The minimum atomic E-state index is -0.992. The van der Waals surface area contributed by atoms with Gasteiger partial charge in [-0.05, 0) is 40.5 Å². The molecule has 6 nitrogen and oxygen atoms in total. The van der Waals surface area contributed by atoms with Crippen molar-refractivity contribution in [2.24, 2.45) is 0 Å². The Labute approximate surface area is 118 Å². The number of hydrogen-bond donors (Lipinski definition) is 1. The molecule has 6 heteroatoms. The predicted octanol–water partition coefficient (Wildman–Crippen LogP) is 2.37. The van der Waals surface area contributed by atoms with Crippen LogP contribution in [-0.4, -0.2) is 37.3 Å². The summed E-state index contributed by atoms with van der Waals surface area (Å²) in [6.45, 7) is 8.18. The van der Waals surface area contributed by atoms with E-state index in [2.05, 4.69) is 24.2 Å². The van der Waals surface area contributed by atoms with Crippen molar-refractivity contribution >= 4 is 5.97 Å². The highest BCUT2D eigenvalue weighted by molar-refractivity contribution is 5.86. The number of hydrogen-bond acceptors (Lipinski definition) is 4. The molecule has 1 N–H and O–H groups in total. The molecular weight excluding hydrogens is 258 g/mol. The largest absolute Gasteiger partial charge is 0.476 e.